The van der Waals surface area contributed by atoms with E-state index in [4.69, 9.17) is 9.84 Å². The number of aryl methyl sites for hydroxylation is 1. The van der Waals surface area contributed by atoms with Crippen LogP contribution in [0, 0.1) is 0 Å². The van der Waals surface area contributed by atoms with Crippen LogP contribution in [0.2, 0.25) is 0 Å². The molecule has 0 bridgehead atoms. The van der Waals surface area contributed by atoms with Crippen LogP contribution in [0.4, 0.5) is 0 Å². The molecule has 0 aliphatic carbocycles. The molecule has 2 aromatic rings. The van der Waals surface area contributed by atoms with Gasteiger partial charge in [-0.3, -0.25) is 4.98 Å². The van der Waals surface area contributed by atoms with Gasteiger partial charge in [-0.15, -0.1) is 0 Å². The fourth-order valence-electron chi connectivity index (χ4n) is 3.04. The normalized spacial score (nSPS) is 10.8. The molecule has 2 rings (SSSR count). The monoisotopic (exact) mass is 341 g/mol. The fourth-order valence-corrected chi connectivity index (χ4v) is 3.04. The predicted molar refractivity (Wildman–Crippen MR) is 104 cm³/mol. The van der Waals surface area contributed by atoms with E-state index in [0.29, 0.717) is 0 Å². The Bertz CT molecular complexity index is 612. The molecule has 3 heteroatoms. The zero-order valence-corrected chi connectivity index (χ0v) is 15.4. The standard InChI is InChI=1S/C22H31NO2/c1-2-3-4-5-6-9-17-25-22-13-8-7-12-21(22)20-14-15-23-18-19(20)11-10-16-24/h7-8,12-15,18,24H,2-6,9-11,16-17H2,1H3. The van der Waals surface area contributed by atoms with Gasteiger partial charge in [0, 0.05) is 24.6 Å². The highest BCUT2D eigenvalue weighted by atomic mass is 16.5. The van der Waals surface area contributed by atoms with Gasteiger partial charge in [-0.25, -0.2) is 0 Å². The first-order valence-corrected chi connectivity index (χ1v) is 9.62. The van der Waals surface area contributed by atoms with Gasteiger partial charge in [-0.05, 0) is 42.5 Å². The number of pyridine rings is 1. The van der Waals surface area contributed by atoms with Crippen molar-refractivity contribution >= 4 is 0 Å². The summed E-state index contributed by atoms with van der Waals surface area (Å²) in [5.74, 6) is 0.938. The number of ether oxygens (including phenoxy) is 1. The number of aliphatic hydroxyl groups excluding tert-OH is 1. The summed E-state index contributed by atoms with van der Waals surface area (Å²) in [6, 6.07) is 10.3. The Kier molecular flexibility index (Phi) is 9.06. The number of aliphatic hydroxyl groups is 1. The van der Waals surface area contributed by atoms with Crippen molar-refractivity contribution in [3.05, 3.63) is 48.3 Å². The summed E-state index contributed by atoms with van der Waals surface area (Å²) >= 11 is 0. The Morgan fingerprint density at radius 2 is 1.72 bits per heavy atom. The SMILES string of the molecule is CCCCCCCCOc1ccccc1-c1ccncc1CCCO. The third-order valence-corrected chi connectivity index (χ3v) is 4.44. The van der Waals surface area contributed by atoms with E-state index < -0.39 is 0 Å². The van der Waals surface area contributed by atoms with Crippen LogP contribution in [0.25, 0.3) is 11.1 Å². The van der Waals surface area contributed by atoms with Crippen molar-refractivity contribution in [3.63, 3.8) is 0 Å². The van der Waals surface area contributed by atoms with Crippen molar-refractivity contribution in [3.8, 4) is 16.9 Å². The van der Waals surface area contributed by atoms with Gasteiger partial charge in [0.2, 0.25) is 0 Å². The molecule has 1 N–H and O–H groups in total. The van der Waals surface area contributed by atoms with Crippen LogP contribution < -0.4 is 4.74 Å². The maximum Gasteiger partial charge on any atom is 0.127 e. The Morgan fingerprint density at radius 3 is 2.56 bits per heavy atom. The van der Waals surface area contributed by atoms with E-state index in [1.807, 2.05) is 36.7 Å². The second-order valence-corrected chi connectivity index (χ2v) is 6.47. The van der Waals surface area contributed by atoms with Crippen molar-refractivity contribution in [2.45, 2.75) is 58.3 Å². The summed E-state index contributed by atoms with van der Waals surface area (Å²) < 4.78 is 6.09. The van der Waals surface area contributed by atoms with E-state index >= 15 is 0 Å². The minimum Gasteiger partial charge on any atom is -0.493 e. The molecule has 0 radical (unpaired) electrons. The number of unbranched alkanes of at least 4 members (excludes halogenated alkanes) is 5. The van der Waals surface area contributed by atoms with Crippen molar-refractivity contribution < 1.29 is 9.84 Å². The Balaban J connectivity index is 1.99. The molecule has 0 saturated heterocycles. The molecule has 1 heterocycles. The number of rotatable bonds is 12. The second kappa shape index (κ2) is 11.6. The number of hydrogen-bond donors (Lipinski definition) is 1. The molecule has 0 atom stereocenters. The third kappa shape index (κ3) is 6.50. The second-order valence-electron chi connectivity index (χ2n) is 6.47. The Hall–Kier alpha value is -1.87. The number of benzene rings is 1. The van der Waals surface area contributed by atoms with Crippen molar-refractivity contribution in [1.82, 2.24) is 4.98 Å². The quantitative estimate of drug-likeness (QED) is 0.525. The fraction of sp³-hybridized carbons (Fsp3) is 0.500. The largest absolute Gasteiger partial charge is 0.493 e. The summed E-state index contributed by atoms with van der Waals surface area (Å²) in [5, 5.41) is 9.12. The highest BCUT2D eigenvalue weighted by Crippen LogP contribution is 2.32. The van der Waals surface area contributed by atoms with E-state index in [1.54, 1.807) is 0 Å². The minimum atomic E-state index is 0.199. The predicted octanol–water partition coefficient (Wildman–Crippen LogP) is 5.41. The van der Waals surface area contributed by atoms with Gasteiger partial charge in [0.1, 0.15) is 5.75 Å². The molecule has 0 amide bonds. The molecule has 25 heavy (non-hydrogen) atoms. The molecule has 136 valence electrons. The molecular formula is C22H31NO2. The van der Waals surface area contributed by atoms with Crippen molar-refractivity contribution in [2.24, 2.45) is 0 Å². The maximum atomic E-state index is 9.12. The van der Waals surface area contributed by atoms with Crippen LogP contribution in [0.5, 0.6) is 5.75 Å². The number of aromatic nitrogens is 1. The third-order valence-electron chi connectivity index (χ3n) is 4.44. The van der Waals surface area contributed by atoms with Gasteiger partial charge in [0.25, 0.3) is 0 Å². The molecule has 1 aromatic carbocycles. The lowest BCUT2D eigenvalue weighted by Crippen LogP contribution is -2.00. The van der Waals surface area contributed by atoms with E-state index in [9.17, 15) is 0 Å². The number of para-hydroxylation sites is 1. The molecule has 0 aliphatic heterocycles. The molecule has 0 aliphatic rings. The van der Waals surface area contributed by atoms with Crippen LogP contribution in [0.3, 0.4) is 0 Å². The van der Waals surface area contributed by atoms with Gasteiger partial charge in [0.05, 0.1) is 6.61 Å². The Labute approximate surface area is 152 Å². The number of hydrogen-bond acceptors (Lipinski definition) is 3. The summed E-state index contributed by atoms with van der Waals surface area (Å²) in [6.07, 6.45) is 12.9. The van der Waals surface area contributed by atoms with Gasteiger partial charge in [-0.2, -0.15) is 0 Å². The van der Waals surface area contributed by atoms with E-state index in [1.165, 1.54) is 32.1 Å². The van der Waals surface area contributed by atoms with Crippen molar-refractivity contribution in [1.29, 1.82) is 0 Å². The van der Waals surface area contributed by atoms with Gasteiger partial charge in [-0.1, -0.05) is 57.2 Å². The van der Waals surface area contributed by atoms with Gasteiger partial charge < -0.3 is 9.84 Å². The topological polar surface area (TPSA) is 42.4 Å². The lowest BCUT2D eigenvalue weighted by molar-refractivity contribution is 0.288. The first-order valence-electron chi connectivity index (χ1n) is 9.62. The molecule has 0 unspecified atom stereocenters. The Morgan fingerprint density at radius 1 is 0.920 bits per heavy atom. The number of nitrogens with zero attached hydrogens (tertiary/aromatic N) is 1. The lowest BCUT2D eigenvalue weighted by Gasteiger charge is -2.14. The smallest absolute Gasteiger partial charge is 0.127 e. The average molecular weight is 341 g/mol. The highest BCUT2D eigenvalue weighted by molar-refractivity contribution is 5.72. The van der Waals surface area contributed by atoms with Gasteiger partial charge in [0.15, 0.2) is 0 Å². The van der Waals surface area contributed by atoms with Crippen LogP contribution in [-0.4, -0.2) is 23.3 Å². The first kappa shape index (κ1) is 19.5. The summed E-state index contributed by atoms with van der Waals surface area (Å²) in [6.45, 7) is 3.21. The van der Waals surface area contributed by atoms with Crippen molar-refractivity contribution in [2.75, 3.05) is 13.2 Å². The van der Waals surface area contributed by atoms with E-state index in [0.717, 1.165) is 48.3 Å². The summed E-state index contributed by atoms with van der Waals surface area (Å²) in [4.78, 5) is 4.24. The molecule has 3 nitrogen and oxygen atoms in total. The molecule has 0 fully saturated rings. The zero-order chi connectivity index (χ0) is 17.7. The van der Waals surface area contributed by atoms with Crippen LogP contribution in [-0.2, 0) is 6.42 Å². The summed E-state index contributed by atoms with van der Waals surface area (Å²) in [5.41, 5.74) is 3.43. The van der Waals surface area contributed by atoms with Crippen LogP contribution in [0.1, 0.15) is 57.4 Å². The minimum absolute atomic E-state index is 0.199. The van der Waals surface area contributed by atoms with E-state index in [2.05, 4.69) is 18.0 Å². The zero-order valence-electron chi connectivity index (χ0n) is 15.4. The van der Waals surface area contributed by atoms with Crippen LogP contribution in [0.15, 0.2) is 42.7 Å². The summed E-state index contributed by atoms with van der Waals surface area (Å²) in [7, 11) is 0. The van der Waals surface area contributed by atoms with Gasteiger partial charge >= 0.3 is 0 Å². The molecule has 0 spiro atoms. The molecule has 0 saturated carbocycles. The molecular weight excluding hydrogens is 310 g/mol. The van der Waals surface area contributed by atoms with Crippen LogP contribution >= 0.6 is 0 Å². The highest BCUT2D eigenvalue weighted by Gasteiger charge is 2.10. The average Bonchev–Trinajstić information content (AvgIpc) is 2.66. The lowest BCUT2D eigenvalue weighted by atomic mass is 9.98. The first-order chi connectivity index (χ1) is 12.4. The maximum absolute atomic E-state index is 9.12. The molecule has 1 aromatic heterocycles. The van der Waals surface area contributed by atoms with E-state index in [-0.39, 0.29) is 6.61 Å².